The van der Waals surface area contributed by atoms with E-state index in [0.29, 0.717) is 0 Å². The van der Waals surface area contributed by atoms with Crippen molar-refractivity contribution in [2.75, 3.05) is 24.6 Å². The van der Waals surface area contributed by atoms with E-state index in [2.05, 4.69) is 60.7 Å². The van der Waals surface area contributed by atoms with Gasteiger partial charge in [-0.3, -0.25) is 0 Å². The Bertz CT molecular complexity index is 514. The first kappa shape index (κ1) is 15.2. The van der Waals surface area contributed by atoms with Crippen molar-refractivity contribution >= 4 is 21.1 Å². The van der Waals surface area contributed by atoms with Crippen molar-refractivity contribution in [3.8, 4) is 0 Å². The summed E-state index contributed by atoms with van der Waals surface area (Å²) in [6, 6.07) is 22.4. The van der Waals surface area contributed by atoms with E-state index in [1.54, 1.807) is 10.9 Å². The van der Waals surface area contributed by atoms with Gasteiger partial charge in [0, 0.05) is 0 Å². The molecular weight excluding hydrogens is 290 g/mol. The predicted octanol–water partition coefficient (Wildman–Crippen LogP) is 5.27. The van der Waals surface area contributed by atoms with Crippen LogP contribution in [0, 0.1) is 0 Å². The van der Waals surface area contributed by atoms with Gasteiger partial charge in [-0.2, -0.15) is 0 Å². The molecule has 0 amide bonds. The molecule has 0 N–H and O–H groups in total. The average molecular weight is 314 g/mol. The first-order valence-corrected chi connectivity index (χ1v) is 11.6. The molecule has 0 aromatic heterocycles. The lowest BCUT2D eigenvalue weighted by atomic mass is 10.2. The highest BCUT2D eigenvalue weighted by molar-refractivity contribution is 7.65. The van der Waals surface area contributed by atoms with Gasteiger partial charge in [-0.1, -0.05) is 68.6 Å². The van der Waals surface area contributed by atoms with Crippen LogP contribution in [0.5, 0.6) is 0 Å². The fourth-order valence-electron chi connectivity index (χ4n) is 3.09. The molecule has 110 valence electrons. The molecule has 0 aliphatic carbocycles. The van der Waals surface area contributed by atoms with Crippen molar-refractivity contribution in [1.29, 1.82) is 0 Å². The van der Waals surface area contributed by atoms with E-state index in [1.807, 2.05) is 0 Å². The van der Waals surface area contributed by atoms with Crippen molar-refractivity contribution in [3.63, 3.8) is 0 Å². The number of hydrogen-bond donors (Lipinski definition) is 0. The maximum atomic E-state index is 2.35. The molecule has 2 aromatic rings. The number of benzene rings is 2. The Morgan fingerprint density at radius 1 is 0.667 bits per heavy atom. The second kappa shape index (κ2) is 8.07. The minimum absolute atomic E-state index is 0.122. The Morgan fingerprint density at radius 3 is 1.86 bits per heavy atom. The van der Waals surface area contributed by atoms with Crippen LogP contribution in [-0.4, -0.2) is 24.6 Å². The lowest BCUT2D eigenvalue weighted by molar-refractivity contribution is 1.02. The first-order chi connectivity index (χ1) is 10.4. The fraction of sp³-hybridized carbons (Fsp3) is 0.368. The van der Waals surface area contributed by atoms with E-state index < -0.39 is 0 Å². The van der Waals surface area contributed by atoms with Crippen LogP contribution in [0.1, 0.15) is 18.4 Å². The molecule has 2 heteroatoms. The van der Waals surface area contributed by atoms with Crippen LogP contribution in [-0.2, 0) is 6.16 Å². The molecule has 1 aliphatic heterocycles. The first-order valence-electron chi connectivity index (χ1n) is 7.98. The molecule has 2 aromatic carbocycles. The molecule has 0 bridgehead atoms. The topological polar surface area (TPSA) is 0 Å². The van der Waals surface area contributed by atoms with E-state index in [0.717, 1.165) is 0 Å². The second-order valence-electron chi connectivity index (χ2n) is 5.79. The van der Waals surface area contributed by atoms with Crippen LogP contribution in [0.4, 0.5) is 0 Å². The van der Waals surface area contributed by atoms with E-state index >= 15 is 0 Å². The van der Waals surface area contributed by atoms with Crippen molar-refractivity contribution in [3.05, 3.63) is 66.2 Å². The smallest absolute Gasteiger partial charge is 0.00731 e. The summed E-state index contributed by atoms with van der Waals surface area (Å²) in [7, 11) is 0.352. The predicted molar refractivity (Wildman–Crippen MR) is 98.8 cm³/mol. The van der Waals surface area contributed by atoms with Gasteiger partial charge in [0.1, 0.15) is 0 Å². The van der Waals surface area contributed by atoms with Gasteiger partial charge in [0.05, 0.1) is 0 Å². The van der Waals surface area contributed by atoms with Crippen molar-refractivity contribution in [2.24, 2.45) is 0 Å². The third-order valence-electron chi connectivity index (χ3n) is 4.18. The number of hydrogen-bond acceptors (Lipinski definition) is 0. The highest BCUT2D eigenvalue weighted by Gasteiger charge is 2.17. The SMILES string of the molecule is c1ccc(CP2CCCP(c3ccccc3)CCC2)cc1. The summed E-state index contributed by atoms with van der Waals surface area (Å²) in [4.78, 5) is 0. The van der Waals surface area contributed by atoms with Crippen LogP contribution in [0.2, 0.25) is 0 Å². The van der Waals surface area contributed by atoms with Crippen LogP contribution >= 0.6 is 15.8 Å². The molecule has 0 radical (unpaired) electrons. The van der Waals surface area contributed by atoms with E-state index in [-0.39, 0.29) is 15.8 Å². The third-order valence-corrected chi connectivity index (χ3v) is 9.63. The van der Waals surface area contributed by atoms with Crippen molar-refractivity contribution in [2.45, 2.75) is 19.0 Å². The molecule has 21 heavy (non-hydrogen) atoms. The molecular formula is C19H24P2. The minimum atomic E-state index is 0.122. The summed E-state index contributed by atoms with van der Waals surface area (Å²) in [6.45, 7) is 0. The molecule has 0 spiro atoms. The quantitative estimate of drug-likeness (QED) is 0.677. The van der Waals surface area contributed by atoms with E-state index in [9.17, 15) is 0 Å². The average Bonchev–Trinajstić information content (AvgIpc) is 2.52. The zero-order chi connectivity index (χ0) is 14.3. The zero-order valence-electron chi connectivity index (χ0n) is 12.6. The molecule has 1 saturated heterocycles. The van der Waals surface area contributed by atoms with Gasteiger partial charge in [-0.05, 0) is 54.5 Å². The summed E-state index contributed by atoms with van der Waals surface area (Å²) in [5, 5.41) is 1.63. The van der Waals surface area contributed by atoms with Crippen LogP contribution in [0.25, 0.3) is 0 Å². The molecule has 1 fully saturated rings. The maximum absolute atomic E-state index is 2.35. The molecule has 0 atom stereocenters. The highest BCUT2D eigenvalue weighted by Crippen LogP contribution is 2.47. The van der Waals surface area contributed by atoms with Gasteiger partial charge in [0.25, 0.3) is 0 Å². The standard InChI is InChI=1S/C19H24P2/c1-3-9-18(10-4-1)17-20-13-7-15-21(16-8-14-20)19-11-5-2-6-12-19/h1-6,9-12H,7-8,13-17H2. The molecule has 0 unspecified atom stereocenters. The molecule has 3 rings (SSSR count). The summed E-state index contributed by atoms with van der Waals surface area (Å²) < 4.78 is 0. The number of rotatable bonds is 3. The monoisotopic (exact) mass is 314 g/mol. The lowest BCUT2D eigenvalue weighted by Crippen LogP contribution is -2.11. The minimum Gasteiger partial charge on any atom is -0.102 e. The Labute approximate surface area is 131 Å². The van der Waals surface area contributed by atoms with Gasteiger partial charge in [0.15, 0.2) is 0 Å². The van der Waals surface area contributed by atoms with Crippen molar-refractivity contribution < 1.29 is 0 Å². The van der Waals surface area contributed by atoms with Gasteiger partial charge >= 0.3 is 0 Å². The Kier molecular flexibility index (Phi) is 5.84. The van der Waals surface area contributed by atoms with Gasteiger partial charge < -0.3 is 0 Å². The third kappa shape index (κ3) is 4.64. The highest BCUT2D eigenvalue weighted by atomic mass is 31.1. The Hall–Kier alpha value is -0.700. The van der Waals surface area contributed by atoms with Crippen LogP contribution in [0.15, 0.2) is 60.7 Å². The van der Waals surface area contributed by atoms with E-state index in [1.165, 1.54) is 43.7 Å². The maximum Gasteiger partial charge on any atom is -0.00731 e. The second-order valence-corrected chi connectivity index (χ2v) is 10.8. The van der Waals surface area contributed by atoms with Crippen LogP contribution < -0.4 is 5.30 Å². The Balaban J connectivity index is 1.54. The Morgan fingerprint density at radius 2 is 1.24 bits per heavy atom. The summed E-state index contributed by atoms with van der Waals surface area (Å²) in [6.07, 6.45) is 10.1. The molecule has 1 aliphatic rings. The lowest BCUT2D eigenvalue weighted by Gasteiger charge is -2.26. The summed E-state index contributed by atoms with van der Waals surface area (Å²) >= 11 is 0. The van der Waals surface area contributed by atoms with Gasteiger partial charge in [-0.25, -0.2) is 0 Å². The largest absolute Gasteiger partial charge is 0.102 e. The van der Waals surface area contributed by atoms with Gasteiger partial charge in [0.2, 0.25) is 0 Å². The summed E-state index contributed by atoms with van der Waals surface area (Å²) in [5.41, 5.74) is 1.55. The fourth-order valence-corrected chi connectivity index (χ4v) is 8.48. The molecule has 0 nitrogen and oxygen atoms in total. The molecule has 1 heterocycles. The van der Waals surface area contributed by atoms with Gasteiger partial charge in [-0.15, -0.1) is 7.92 Å². The summed E-state index contributed by atoms with van der Waals surface area (Å²) in [5.74, 6) is 0. The van der Waals surface area contributed by atoms with Crippen molar-refractivity contribution in [1.82, 2.24) is 0 Å². The molecule has 0 saturated carbocycles. The van der Waals surface area contributed by atoms with E-state index in [4.69, 9.17) is 0 Å². The van der Waals surface area contributed by atoms with Crippen LogP contribution in [0.3, 0.4) is 0 Å². The zero-order valence-corrected chi connectivity index (χ0v) is 14.4. The normalized spacial score (nSPS) is 23.2.